The maximum absolute atomic E-state index is 13.1. The molecule has 2 aromatic carbocycles. The summed E-state index contributed by atoms with van der Waals surface area (Å²) >= 11 is 7.25. The average molecular weight is 472 g/mol. The number of carbonyl (C=O) groups excluding carboxylic acids is 2. The van der Waals surface area contributed by atoms with Crippen molar-refractivity contribution in [2.45, 2.75) is 19.4 Å². The standard InChI is InChI=1S/C23H18ClNO6S/c1-12(15-5-3-4-6-18(15)30-2)31-14-7-8-16(24)17(10-14)25-19(26)9-13-11-32-21(23(28)29)20(13)22(25)27/h3-8,10-12H,9H2,1-2H3,(H,28,29). The van der Waals surface area contributed by atoms with Crippen LogP contribution in [-0.2, 0) is 11.2 Å². The van der Waals surface area contributed by atoms with Crippen LogP contribution >= 0.6 is 22.9 Å². The van der Waals surface area contributed by atoms with Crippen molar-refractivity contribution in [1.29, 1.82) is 0 Å². The van der Waals surface area contributed by atoms with E-state index in [2.05, 4.69) is 0 Å². The minimum Gasteiger partial charge on any atom is -0.496 e. The smallest absolute Gasteiger partial charge is 0.346 e. The highest BCUT2D eigenvalue weighted by atomic mass is 35.5. The zero-order valence-corrected chi connectivity index (χ0v) is 18.7. The van der Waals surface area contributed by atoms with Gasteiger partial charge in [0, 0.05) is 11.6 Å². The van der Waals surface area contributed by atoms with E-state index >= 15 is 0 Å². The Kier molecular flexibility index (Phi) is 5.90. The van der Waals surface area contributed by atoms with Gasteiger partial charge in [0.25, 0.3) is 5.91 Å². The number of nitrogens with zero attached hydrogens (tertiary/aromatic N) is 1. The van der Waals surface area contributed by atoms with Crippen LogP contribution in [0.25, 0.3) is 0 Å². The van der Waals surface area contributed by atoms with Gasteiger partial charge in [0.15, 0.2) is 0 Å². The second-order valence-corrected chi connectivity index (χ2v) is 8.38. The predicted molar refractivity (Wildman–Crippen MR) is 120 cm³/mol. The molecule has 0 aliphatic carbocycles. The van der Waals surface area contributed by atoms with Crippen LogP contribution < -0.4 is 14.4 Å². The Balaban J connectivity index is 1.68. The molecule has 164 valence electrons. The lowest BCUT2D eigenvalue weighted by Crippen LogP contribution is -2.42. The number of methoxy groups -OCH3 is 1. The number of anilines is 1. The van der Waals surface area contributed by atoms with E-state index in [-0.39, 0.29) is 27.6 Å². The van der Waals surface area contributed by atoms with Gasteiger partial charge in [0.05, 0.1) is 29.8 Å². The van der Waals surface area contributed by atoms with E-state index in [1.54, 1.807) is 13.2 Å². The second kappa shape index (κ2) is 8.64. The summed E-state index contributed by atoms with van der Waals surface area (Å²) in [6.07, 6.45) is -0.487. The number of rotatable bonds is 6. The highest BCUT2D eigenvalue weighted by molar-refractivity contribution is 7.12. The lowest BCUT2D eigenvalue weighted by Gasteiger charge is -2.27. The molecule has 9 heteroatoms. The van der Waals surface area contributed by atoms with Crippen LogP contribution in [0.1, 0.15) is 44.2 Å². The van der Waals surface area contributed by atoms with E-state index in [0.717, 1.165) is 21.8 Å². The van der Waals surface area contributed by atoms with Gasteiger partial charge in [-0.25, -0.2) is 9.69 Å². The molecular formula is C23H18ClNO6S. The number of carboxylic acid groups (broad SMARTS) is 1. The van der Waals surface area contributed by atoms with Gasteiger partial charge in [-0.1, -0.05) is 29.8 Å². The fourth-order valence-electron chi connectivity index (χ4n) is 3.63. The summed E-state index contributed by atoms with van der Waals surface area (Å²) < 4.78 is 11.4. The van der Waals surface area contributed by atoms with Gasteiger partial charge in [0.2, 0.25) is 5.91 Å². The molecule has 1 N–H and O–H groups in total. The summed E-state index contributed by atoms with van der Waals surface area (Å²) in [4.78, 5) is 38.3. The summed E-state index contributed by atoms with van der Waals surface area (Å²) in [6.45, 7) is 1.85. The third kappa shape index (κ3) is 3.83. The van der Waals surface area contributed by atoms with Gasteiger partial charge < -0.3 is 14.6 Å². The van der Waals surface area contributed by atoms with Gasteiger partial charge >= 0.3 is 5.97 Å². The van der Waals surface area contributed by atoms with E-state index in [4.69, 9.17) is 21.1 Å². The highest BCUT2D eigenvalue weighted by Crippen LogP contribution is 2.38. The molecule has 3 aromatic rings. The zero-order chi connectivity index (χ0) is 23.0. The van der Waals surface area contributed by atoms with E-state index < -0.39 is 23.9 Å². The molecule has 0 radical (unpaired) electrons. The highest BCUT2D eigenvalue weighted by Gasteiger charge is 2.37. The van der Waals surface area contributed by atoms with Crippen molar-refractivity contribution >= 4 is 46.4 Å². The molecule has 0 saturated carbocycles. The molecule has 0 spiro atoms. The number of ether oxygens (including phenoxy) is 2. The van der Waals surface area contributed by atoms with Crippen LogP contribution in [0.3, 0.4) is 0 Å². The van der Waals surface area contributed by atoms with Crippen LogP contribution in [-0.4, -0.2) is 30.0 Å². The first-order valence-corrected chi connectivity index (χ1v) is 10.9. The molecular weight excluding hydrogens is 454 g/mol. The van der Waals surface area contributed by atoms with E-state index in [0.29, 0.717) is 17.1 Å². The second-order valence-electron chi connectivity index (χ2n) is 7.10. The van der Waals surface area contributed by atoms with Crippen molar-refractivity contribution in [2.24, 2.45) is 0 Å². The molecule has 32 heavy (non-hydrogen) atoms. The topological polar surface area (TPSA) is 93.1 Å². The van der Waals surface area contributed by atoms with Crippen LogP contribution in [0.5, 0.6) is 11.5 Å². The monoisotopic (exact) mass is 471 g/mol. The largest absolute Gasteiger partial charge is 0.496 e. The van der Waals surface area contributed by atoms with Crippen LogP contribution in [0.4, 0.5) is 5.69 Å². The van der Waals surface area contributed by atoms with E-state index in [1.807, 2.05) is 31.2 Å². The molecule has 0 bridgehead atoms. The number of fused-ring (bicyclic) bond motifs is 1. The first-order valence-electron chi connectivity index (χ1n) is 9.61. The predicted octanol–water partition coefficient (Wildman–Crippen LogP) is 4.98. The molecule has 0 fully saturated rings. The fourth-order valence-corrected chi connectivity index (χ4v) is 4.73. The van der Waals surface area contributed by atoms with Gasteiger partial charge in [0.1, 0.15) is 22.5 Å². The van der Waals surface area contributed by atoms with Crippen LogP contribution in [0.15, 0.2) is 47.8 Å². The van der Waals surface area contributed by atoms with Gasteiger partial charge in [-0.05, 0) is 36.1 Å². The first-order chi connectivity index (χ1) is 15.3. The molecule has 7 nitrogen and oxygen atoms in total. The normalized spacial score (nSPS) is 14.2. The van der Waals surface area contributed by atoms with Gasteiger partial charge in [-0.3, -0.25) is 9.59 Å². The Bertz CT molecular complexity index is 1240. The lowest BCUT2D eigenvalue weighted by molar-refractivity contribution is -0.117. The quantitative estimate of drug-likeness (QED) is 0.510. The molecule has 2 amide bonds. The molecule has 1 unspecified atom stereocenters. The molecule has 1 aliphatic heterocycles. The number of aromatic carboxylic acids is 1. The zero-order valence-electron chi connectivity index (χ0n) is 17.1. The number of amides is 2. The third-order valence-corrected chi connectivity index (χ3v) is 6.45. The minimum absolute atomic E-state index is 0.0203. The Labute approximate surface area is 192 Å². The van der Waals surface area contributed by atoms with Crippen molar-refractivity contribution < 1.29 is 29.0 Å². The number of hydrogen-bond acceptors (Lipinski definition) is 6. The number of benzene rings is 2. The summed E-state index contributed by atoms with van der Waals surface area (Å²) in [6, 6.07) is 12.1. The molecule has 0 saturated heterocycles. The first kappa shape index (κ1) is 21.9. The van der Waals surface area contributed by atoms with Crippen LogP contribution in [0, 0.1) is 0 Å². The maximum atomic E-state index is 13.1. The Morgan fingerprint density at radius 2 is 1.97 bits per heavy atom. The number of carbonyl (C=O) groups is 3. The molecule has 1 atom stereocenters. The minimum atomic E-state index is -1.22. The molecule has 1 aliphatic rings. The van der Waals surface area contributed by atoms with Gasteiger partial charge in [-0.2, -0.15) is 0 Å². The lowest BCUT2D eigenvalue weighted by atomic mass is 10.0. The molecule has 4 rings (SSSR count). The van der Waals surface area contributed by atoms with E-state index in [9.17, 15) is 19.5 Å². The average Bonchev–Trinajstić information content (AvgIpc) is 3.20. The summed E-state index contributed by atoms with van der Waals surface area (Å²) in [5.41, 5.74) is 1.39. The van der Waals surface area contributed by atoms with Crippen molar-refractivity contribution in [2.75, 3.05) is 12.0 Å². The summed E-state index contributed by atoms with van der Waals surface area (Å²) in [7, 11) is 1.57. The van der Waals surface area contributed by atoms with Crippen molar-refractivity contribution in [3.8, 4) is 11.5 Å². The number of halogens is 1. The number of para-hydroxylation sites is 1. The SMILES string of the molecule is COc1ccccc1C(C)Oc1ccc(Cl)c(N2C(=O)Cc3csc(C(=O)O)c3C2=O)c1. The van der Waals surface area contributed by atoms with Crippen LogP contribution in [0.2, 0.25) is 5.02 Å². The number of hydrogen-bond donors (Lipinski definition) is 1. The number of carboxylic acids is 1. The molecule has 2 heterocycles. The Hall–Kier alpha value is -3.36. The Morgan fingerprint density at radius 1 is 1.22 bits per heavy atom. The molecule has 1 aromatic heterocycles. The summed E-state index contributed by atoms with van der Waals surface area (Å²) in [5, 5.41) is 11.1. The van der Waals surface area contributed by atoms with Crippen molar-refractivity contribution in [1.82, 2.24) is 0 Å². The van der Waals surface area contributed by atoms with E-state index in [1.165, 1.54) is 17.5 Å². The number of imide groups is 1. The fraction of sp³-hybridized carbons (Fsp3) is 0.174. The Morgan fingerprint density at radius 3 is 2.69 bits per heavy atom. The summed E-state index contributed by atoms with van der Waals surface area (Å²) in [5.74, 6) is -1.37. The van der Waals surface area contributed by atoms with Crippen molar-refractivity contribution in [3.63, 3.8) is 0 Å². The number of thiophene rings is 1. The van der Waals surface area contributed by atoms with Gasteiger partial charge in [-0.15, -0.1) is 11.3 Å². The van der Waals surface area contributed by atoms with Crippen molar-refractivity contribution in [3.05, 3.63) is 74.4 Å². The maximum Gasteiger partial charge on any atom is 0.346 e. The third-order valence-electron chi connectivity index (χ3n) is 5.12.